The second-order valence-electron chi connectivity index (χ2n) is 4.65. The van der Waals surface area contributed by atoms with Crippen LogP contribution in [0.5, 0.6) is 0 Å². The summed E-state index contributed by atoms with van der Waals surface area (Å²) in [4.78, 5) is 4.71. The van der Waals surface area contributed by atoms with Gasteiger partial charge in [-0.1, -0.05) is 31.5 Å². The molecule has 0 aromatic carbocycles. The van der Waals surface area contributed by atoms with Crippen molar-refractivity contribution >= 4 is 23.0 Å². The van der Waals surface area contributed by atoms with Gasteiger partial charge in [0.2, 0.25) is 0 Å². The third kappa shape index (κ3) is 3.40. The van der Waals surface area contributed by atoms with Crippen LogP contribution in [0.2, 0.25) is 0 Å². The van der Waals surface area contributed by atoms with E-state index in [2.05, 4.69) is 10.3 Å². The normalized spacial score (nSPS) is 16.7. The summed E-state index contributed by atoms with van der Waals surface area (Å²) < 4.78 is 0. The van der Waals surface area contributed by atoms with E-state index in [0.717, 1.165) is 23.8 Å². The van der Waals surface area contributed by atoms with Gasteiger partial charge in [0.25, 0.3) is 0 Å². The molecule has 92 valence electrons. The van der Waals surface area contributed by atoms with Crippen LogP contribution in [0, 0.1) is 5.92 Å². The van der Waals surface area contributed by atoms with Gasteiger partial charge in [0, 0.05) is 12.7 Å². The van der Waals surface area contributed by atoms with Crippen LogP contribution in [-0.2, 0) is 0 Å². The van der Waals surface area contributed by atoms with Gasteiger partial charge in [0.05, 0.1) is 5.56 Å². The fourth-order valence-electron chi connectivity index (χ4n) is 2.38. The zero-order valence-corrected chi connectivity index (χ0v) is 10.8. The van der Waals surface area contributed by atoms with E-state index in [4.69, 9.17) is 18.0 Å². The number of aromatic nitrogens is 1. The highest BCUT2D eigenvalue weighted by Crippen LogP contribution is 2.24. The first-order chi connectivity index (χ1) is 8.27. The van der Waals surface area contributed by atoms with Gasteiger partial charge in [-0.3, -0.25) is 0 Å². The highest BCUT2D eigenvalue weighted by Gasteiger charge is 2.14. The maximum Gasteiger partial charge on any atom is 0.136 e. The van der Waals surface area contributed by atoms with Crippen LogP contribution in [0.3, 0.4) is 0 Å². The number of pyridine rings is 1. The van der Waals surface area contributed by atoms with Crippen molar-refractivity contribution in [2.75, 3.05) is 11.9 Å². The Labute approximate surface area is 108 Å². The zero-order chi connectivity index (χ0) is 12.1. The average Bonchev–Trinajstić information content (AvgIpc) is 2.38. The summed E-state index contributed by atoms with van der Waals surface area (Å²) in [6.07, 6.45) is 8.52. The minimum atomic E-state index is 0.407. The Bertz CT molecular complexity index is 386. The van der Waals surface area contributed by atoms with Crippen LogP contribution in [0.4, 0.5) is 5.82 Å². The monoisotopic (exact) mass is 249 g/mol. The molecule has 1 aliphatic carbocycles. The fraction of sp³-hybridized carbons (Fsp3) is 0.538. The molecule has 1 aromatic rings. The minimum Gasteiger partial charge on any atom is -0.389 e. The van der Waals surface area contributed by atoms with Crippen LogP contribution in [0.25, 0.3) is 0 Å². The topological polar surface area (TPSA) is 50.9 Å². The highest BCUT2D eigenvalue weighted by atomic mass is 32.1. The van der Waals surface area contributed by atoms with E-state index in [-0.39, 0.29) is 0 Å². The Hall–Kier alpha value is -1.16. The van der Waals surface area contributed by atoms with Gasteiger partial charge in [-0.15, -0.1) is 0 Å². The molecule has 4 heteroatoms. The molecule has 1 saturated carbocycles. The molecule has 0 bridgehead atoms. The zero-order valence-electron chi connectivity index (χ0n) is 9.98. The number of nitrogens with one attached hydrogen (secondary N) is 1. The number of nitrogens with zero attached hydrogens (tertiary/aromatic N) is 1. The minimum absolute atomic E-state index is 0.407. The molecule has 3 nitrogen and oxygen atoms in total. The number of rotatable bonds is 4. The molecule has 0 atom stereocenters. The Balaban J connectivity index is 1.96. The van der Waals surface area contributed by atoms with Crippen molar-refractivity contribution in [2.24, 2.45) is 11.7 Å². The summed E-state index contributed by atoms with van der Waals surface area (Å²) in [6, 6.07) is 3.78. The molecular weight excluding hydrogens is 230 g/mol. The van der Waals surface area contributed by atoms with Crippen molar-refractivity contribution in [1.82, 2.24) is 4.98 Å². The number of hydrogen-bond acceptors (Lipinski definition) is 3. The summed E-state index contributed by atoms with van der Waals surface area (Å²) in [7, 11) is 0. The summed E-state index contributed by atoms with van der Waals surface area (Å²) in [5.74, 6) is 1.59. The lowest BCUT2D eigenvalue weighted by molar-refractivity contribution is 0.373. The lowest BCUT2D eigenvalue weighted by atomic mass is 9.89. The van der Waals surface area contributed by atoms with Crippen LogP contribution >= 0.6 is 12.2 Å². The Morgan fingerprint density at radius 2 is 2.18 bits per heavy atom. The molecule has 1 aromatic heterocycles. The summed E-state index contributed by atoms with van der Waals surface area (Å²) in [5, 5.41) is 3.39. The first-order valence-electron chi connectivity index (χ1n) is 6.26. The van der Waals surface area contributed by atoms with Crippen molar-refractivity contribution in [2.45, 2.75) is 32.1 Å². The Morgan fingerprint density at radius 3 is 2.88 bits per heavy atom. The molecule has 17 heavy (non-hydrogen) atoms. The highest BCUT2D eigenvalue weighted by molar-refractivity contribution is 7.80. The van der Waals surface area contributed by atoms with E-state index in [1.54, 1.807) is 6.20 Å². The largest absolute Gasteiger partial charge is 0.389 e. The molecule has 0 amide bonds. The quantitative estimate of drug-likeness (QED) is 0.806. The van der Waals surface area contributed by atoms with E-state index in [9.17, 15) is 0 Å². The van der Waals surface area contributed by atoms with Gasteiger partial charge in [0.1, 0.15) is 10.8 Å². The number of thiocarbonyl (C=S) groups is 1. The predicted molar refractivity (Wildman–Crippen MR) is 75.2 cm³/mol. The summed E-state index contributed by atoms with van der Waals surface area (Å²) >= 11 is 5.02. The average molecular weight is 249 g/mol. The first-order valence-corrected chi connectivity index (χ1v) is 6.67. The molecule has 1 heterocycles. The Kier molecular flexibility index (Phi) is 4.31. The maximum atomic E-state index is 5.67. The molecular formula is C13H19N3S. The first kappa shape index (κ1) is 12.3. The molecule has 0 spiro atoms. The number of hydrogen-bond donors (Lipinski definition) is 2. The standard InChI is InChI=1S/C13H19N3S/c14-12(17)11-7-4-8-15-13(11)16-9-10-5-2-1-3-6-10/h4,7-8,10H,1-3,5-6,9H2,(H2,14,17)(H,15,16). The van der Waals surface area contributed by atoms with Gasteiger partial charge < -0.3 is 11.1 Å². The van der Waals surface area contributed by atoms with Crippen molar-refractivity contribution in [3.63, 3.8) is 0 Å². The maximum absolute atomic E-state index is 5.67. The summed E-state index contributed by atoms with van der Waals surface area (Å²) in [6.45, 7) is 0.979. The smallest absolute Gasteiger partial charge is 0.136 e. The van der Waals surface area contributed by atoms with Gasteiger partial charge in [-0.05, 0) is 30.9 Å². The van der Waals surface area contributed by atoms with Crippen LogP contribution in [0.1, 0.15) is 37.7 Å². The van der Waals surface area contributed by atoms with Crippen molar-refractivity contribution in [1.29, 1.82) is 0 Å². The fourth-order valence-corrected chi connectivity index (χ4v) is 2.54. The summed E-state index contributed by atoms with van der Waals surface area (Å²) in [5.41, 5.74) is 6.52. The van der Waals surface area contributed by atoms with Crippen molar-refractivity contribution in [3.05, 3.63) is 23.9 Å². The van der Waals surface area contributed by atoms with Crippen molar-refractivity contribution < 1.29 is 0 Å². The van der Waals surface area contributed by atoms with E-state index in [0.29, 0.717) is 4.99 Å². The van der Waals surface area contributed by atoms with Gasteiger partial charge in [0.15, 0.2) is 0 Å². The van der Waals surface area contributed by atoms with E-state index in [1.165, 1.54) is 32.1 Å². The van der Waals surface area contributed by atoms with E-state index >= 15 is 0 Å². The second-order valence-corrected chi connectivity index (χ2v) is 5.09. The van der Waals surface area contributed by atoms with Crippen LogP contribution in [0.15, 0.2) is 18.3 Å². The number of nitrogens with two attached hydrogens (primary N) is 1. The molecule has 3 N–H and O–H groups in total. The third-order valence-electron chi connectivity index (χ3n) is 3.36. The lowest BCUT2D eigenvalue weighted by Crippen LogP contribution is -2.20. The lowest BCUT2D eigenvalue weighted by Gasteiger charge is -2.22. The SMILES string of the molecule is NC(=S)c1cccnc1NCC1CCCCC1. The van der Waals surface area contributed by atoms with E-state index in [1.807, 2.05) is 12.1 Å². The molecule has 1 fully saturated rings. The molecule has 0 unspecified atom stereocenters. The van der Waals surface area contributed by atoms with E-state index < -0.39 is 0 Å². The second kappa shape index (κ2) is 5.96. The van der Waals surface area contributed by atoms with Crippen LogP contribution < -0.4 is 11.1 Å². The Morgan fingerprint density at radius 1 is 1.41 bits per heavy atom. The van der Waals surface area contributed by atoms with Gasteiger partial charge >= 0.3 is 0 Å². The molecule has 1 aliphatic rings. The predicted octanol–water partition coefficient (Wildman–Crippen LogP) is 2.71. The van der Waals surface area contributed by atoms with Crippen LogP contribution in [-0.4, -0.2) is 16.5 Å². The molecule has 2 rings (SSSR count). The molecule has 0 radical (unpaired) electrons. The van der Waals surface area contributed by atoms with Crippen molar-refractivity contribution in [3.8, 4) is 0 Å². The van der Waals surface area contributed by atoms with Gasteiger partial charge in [-0.25, -0.2) is 4.98 Å². The molecule has 0 saturated heterocycles. The molecule has 0 aliphatic heterocycles. The third-order valence-corrected chi connectivity index (χ3v) is 3.58. The van der Waals surface area contributed by atoms with Gasteiger partial charge in [-0.2, -0.15) is 0 Å². The number of anilines is 1.